The number of nitrogens with two attached hydrogens (primary N) is 1. The van der Waals surface area contributed by atoms with Crippen LogP contribution in [0.5, 0.6) is 11.5 Å². The first-order valence-corrected chi connectivity index (χ1v) is 39.1. The molecule has 60 nitrogen and oxygen atoms in total. The van der Waals surface area contributed by atoms with E-state index in [1.807, 2.05) is 80.4 Å². The molecule has 1 aliphatic carbocycles. The number of aryl methyl sites for hydroxylation is 4. The van der Waals surface area contributed by atoms with Crippen LogP contribution in [0.2, 0.25) is 0 Å². The Hall–Kier alpha value is -19.7. The topological polar surface area (TPSA) is 809 Å². The van der Waals surface area contributed by atoms with E-state index in [0.717, 1.165) is 70.4 Å². The molecule has 0 atom stereocenters. The van der Waals surface area contributed by atoms with Crippen LogP contribution in [0, 0.1) is 13.8 Å². The Kier molecular flexibility index (Phi) is 32.5. The van der Waals surface area contributed by atoms with Crippen LogP contribution in [-0.4, -0.2) is 281 Å². The van der Waals surface area contributed by atoms with Crippen molar-refractivity contribution in [2.75, 3.05) is 19.5 Å². The quantitative estimate of drug-likeness (QED) is 0.0282. The highest BCUT2D eigenvalue weighted by molar-refractivity contribution is 6.00. The third kappa shape index (κ3) is 26.2. The number of carbonyl (C=O) groups excluding carboxylic acids is 3. The van der Waals surface area contributed by atoms with E-state index in [4.69, 9.17) is 20.0 Å². The number of aliphatic carboxylic acids is 1. The maximum atomic E-state index is 12.1. The van der Waals surface area contributed by atoms with Gasteiger partial charge >= 0.3 is 23.3 Å². The first-order chi connectivity index (χ1) is 65.1. The Morgan fingerprint density at radius 3 is 1.91 bits per heavy atom. The number of aromatic nitrogens is 46. The number of fused-ring (bicyclic) bond motifs is 6. The zero-order valence-electron chi connectivity index (χ0n) is 70.6. The molecule has 16 heterocycles. The number of ether oxygens (including phenoxy) is 2. The number of benzene rings is 4. The average Bonchev–Trinajstić information content (AvgIpc) is 1.72. The van der Waals surface area contributed by atoms with Crippen LogP contribution < -0.4 is 32.9 Å². The molecule has 0 aliphatic heterocycles. The molecule has 0 spiro atoms. The Morgan fingerprint density at radius 1 is 0.597 bits per heavy atom. The largest absolute Gasteiger partial charge is 0.507 e. The van der Waals surface area contributed by atoms with E-state index < -0.39 is 22.8 Å². The minimum atomic E-state index is -0.941. The number of nitrogens with zero attached hydrogens (tertiary/aromatic N) is 38. The molecule has 4 aromatic carbocycles. The lowest BCUT2D eigenvalue weighted by Gasteiger charge is -2.07. The van der Waals surface area contributed by atoms with Crippen molar-refractivity contribution >= 4 is 69.5 Å². The number of aromatic amines is 8. The van der Waals surface area contributed by atoms with Crippen LogP contribution >= 0.6 is 0 Å². The van der Waals surface area contributed by atoms with Gasteiger partial charge in [-0.3, -0.25) is 33.8 Å². The van der Waals surface area contributed by atoms with Crippen molar-refractivity contribution < 1.29 is 43.3 Å². The van der Waals surface area contributed by atoms with Gasteiger partial charge in [0.2, 0.25) is 17.6 Å². The summed E-state index contributed by atoms with van der Waals surface area (Å²) in [5.74, 6) is 2.37. The fourth-order valence-corrected chi connectivity index (χ4v) is 11.4. The number of aromatic hydroxyl groups is 1. The summed E-state index contributed by atoms with van der Waals surface area (Å²) in [5.41, 5.74) is 12.6. The number of para-hydroxylation sites is 1. The second-order valence-electron chi connectivity index (χ2n) is 26.7. The van der Waals surface area contributed by atoms with E-state index in [0.29, 0.717) is 93.4 Å². The van der Waals surface area contributed by atoms with Crippen molar-refractivity contribution in [2.24, 2.45) is 0 Å². The summed E-state index contributed by atoms with van der Waals surface area (Å²) < 4.78 is 22.1. The van der Waals surface area contributed by atoms with Gasteiger partial charge in [-0.2, -0.15) is 49.3 Å². The van der Waals surface area contributed by atoms with E-state index in [1.54, 1.807) is 86.2 Å². The number of carboxylic acid groups (broad SMARTS) is 1. The number of esters is 1. The Balaban J connectivity index is 0.000000135. The maximum Gasteiger partial charge on any atom is 0.347 e. The summed E-state index contributed by atoms with van der Waals surface area (Å²) in [6.45, 7) is 12.0. The SMILES string of the molecule is C=Cc1ccc(OC)c(C(=O)Cc2nn[nH]n2)c1.CCOC(=O)Cc1nn[nH]n1.CCc1ccc(O)c(C(=O)Cc2nn[nH]n2)c1.Cc1cc2nnnn2c(N)n1.Cc1ccn2nnnc2n1.O=C(O)Cc1nnnn1Cc1ccccc1.O=c1[nH]cc(-c2nn[nH]n2)c(=O)[nH]1.O=c1c2c(nc3nn[nH]n13)CCC2.O=c1oc2ccccc2cc1-c1nn[nH]n1.c1cnc2nnnn2c1. The van der Waals surface area contributed by atoms with E-state index in [2.05, 4.69) is 217 Å². The second kappa shape index (κ2) is 46.5. The molecule has 134 heavy (non-hydrogen) atoms. The predicted octanol–water partition coefficient (Wildman–Crippen LogP) is -0.902. The first-order valence-electron chi connectivity index (χ1n) is 39.1. The van der Waals surface area contributed by atoms with Crippen LogP contribution in [-0.2, 0) is 65.8 Å². The molecule has 12 N–H and O–H groups in total. The Labute approximate surface area is 744 Å². The first kappa shape index (κ1) is 93.5. The Morgan fingerprint density at radius 2 is 1.25 bits per heavy atom. The second-order valence-corrected chi connectivity index (χ2v) is 26.7. The zero-order valence-corrected chi connectivity index (χ0v) is 70.6. The van der Waals surface area contributed by atoms with Gasteiger partial charge in [0.25, 0.3) is 28.5 Å². The molecule has 0 bridgehead atoms. The predicted molar refractivity (Wildman–Crippen MR) is 454 cm³/mol. The van der Waals surface area contributed by atoms with Crippen LogP contribution in [0.15, 0.2) is 170 Å². The normalized spacial score (nSPS) is 10.8. The van der Waals surface area contributed by atoms with Gasteiger partial charge in [0.1, 0.15) is 41.1 Å². The number of phenols is 1. The van der Waals surface area contributed by atoms with Gasteiger partial charge in [0, 0.05) is 53.2 Å². The highest BCUT2D eigenvalue weighted by Gasteiger charge is 2.21. The maximum absolute atomic E-state index is 12.1. The number of ketones is 2. The lowest BCUT2D eigenvalue weighted by molar-refractivity contribution is -0.142. The molecule has 0 radical (unpaired) electrons. The lowest BCUT2D eigenvalue weighted by atomic mass is 10.0. The number of carboxylic acids is 1. The van der Waals surface area contributed by atoms with E-state index in [1.165, 1.54) is 42.1 Å². The highest BCUT2D eigenvalue weighted by atomic mass is 16.5. The average molecular weight is 1830 g/mol. The van der Waals surface area contributed by atoms with Gasteiger partial charge in [0.15, 0.2) is 40.5 Å². The molecule has 0 saturated heterocycles. The number of tetrazole rings is 10. The number of hydrogen-bond donors (Lipinski definition) is 11. The van der Waals surface area contributed by atoms with Crippen LogP contribution in [0.1, 0.15) is 104 Å². The zero-order chi connectivity index (χ0) is 94.7. The van der Waals surface area contributed by atoms with Gasteiger partial charge in [0.05, 0.1) is 49.9 Å². The summed E-state index contributed by atoms with van der Waals surface area (Å²) in [7, 11) is 1.52. The van der Waals surface area contributed by atoms with E-state index >= 15 is 0 Å². The molecular weight excluding hydrogens is 1760 g/mol. The molecule has 0 unspecified atom stereocenters. The summed E-state index contributed by atoms with van der Waals surface area (Å²) in [6.07, 6.45) is 11.6. The molecule has 60 heteroatoms. The van der Waals surface area contributed by atoms with Crippen molar-refractivity contribution in [3.63, 3.8) is 0 Å². The fourth-order valence-electron chi connectivity index (χ4n) is 11.4. The number of H-pyrrole nitrogens is 8. The standard InChI is InChI=1S/C12H12N4O2.C11H12N4O2.C10H6N4O2.C10H10N4O2.C7H7N5O.C5H4N6O2.C5H6N6.C5H5N5.C5H8N4O2.C4H3N5/c1-3-8-4-5-11(18-2)9(6-8)10(17)7-12-13-15-16-14-12;1-2-7-3-4-9(16)8(5-7)10(17)6-11-12-14-15-13-11;15-10-7(9-11-13-14-12-9)5-6-3-1-2-4-8(6)16-10;15-10(16)6-9-11-12-13-14(9)7-8-4-2-1-3-5-8;13-6-4-2-1-3-5(4)8-7-9-10-11-12(6)7;12-4-2(1-6-5(13)7-4)3-8-10-11-9-3;1-3-2-4-8-9-10-11(4)5(6)7-3;1-4-2-3-10-5(6-4)7-8-9-10;1-2-11-5(10)3-4-6-8-9-7-4;1-2-5-4-6-7-8-9(4)3-1/h3-6H,1,7H2,2H3,(H,13,14,15,16);3-5,16H,2,6H2,1H3,(H,12,13,14,15);1-5H,(H,11,12,13,14);1-5H,6-7H2,(H,15,16);1-3H2,(H,8,9,11);1H,(H2,6,7,12,13)(H,8,9,10,11);2H,1H3,(H2,6,7);2-3H,1H3;2-3H2,1H3,(H,6,7,8,9);1-3H. The van der Waals surface area contributed by atoms with Gasteiger partial charge < -0.3 is 34.8 Å². The molecule has 0 saturated carbocycles. The minimum absolute atomic E-state index is 0.0179. The van der Waals surface area contributed by atoms with Gasteiger partial charge in [-0.05, 0) is 169 Å². The van der Waals surface area contributed by atoms with Crippen LogP contribution in [0.4, 0.5) is 5.95 Å². The van der Waals surface area contributed by atoms with Gasteiger partial charge in [-0.15, -0.1) is 61.2 Å². The van der Waals surface area contributed by atoms with Crippen LogP contribution in [0.3, 0.4) is 0 Å². The molecule has 682 valence electrons. The van der Waals surface area contributed by atoms with Gasteiger partial charge in [-0.25, -0.2) is 34.2 Å². The van der Waals surface area contributed by atoms with E-state index in [-0.39, 0.29) is 71.7 Å². The summed E-state index contributed by atoms with van der Waals surface area (Å²) >= 11 is 0. The minimum Gasteiger partial charge on any atom is -0.507 e. The number of carbonyl (C=O) groups is 4. The lowest BCUT2D eigenvalue weighted by Crippen LogP contribution is -2.22. The van der Waals surface area contributed by atoms with E-state index in [9.17, 15) is 43.5 Å². The van der Waals surface area contributed by atoms with Crippen molar-refractivity contribution in [3.8, 4) is 34.3 Å². The van der Waals surface area contributed by atoms with Crippen molar-refractivity contribution in [1.29, 1.82) is 0 Å². The van der Waals surface area contributed by atoms with Crippen molar-refractivity contribution in [3.05, 3.63) is 262 Å². The summed E-state index contributed by atoms with van der Waals surface area (Å²) in [5, 5.41) is 137. The van der Waals surface area contributed by atoms with Crippen molar-refractivity contribution in [2.45, 2.75) is 85.6 Å². The number of phenolic OH excluding ortho intramolecular Hbond substituents is 1. The number of nitrogen functional groups attached to an aromatic ring is 1. The van der Waals surface area contributed by atoms with Crippen LogP contribution in [0.25, 0.3) is 62.8 Å². The smallest absolute Gasteiger partial charge is 0.347 e. The highest BCUT2D eigenvalue weighted by Crippen LogP contribution is 2.24. The number of rotatable bonds is 18. The summed E-state index contributed by atoms with van der Waals surface area (Å²) in [4.78, 5) is 111. The molecule has 21 rings (SSSR count). The third-order valence-electron chi connectivity index (χ3n) is 17.6. The monoisotopic (exact) mass is 1830 g/mol. The summed E-state index contributed by atoms with van der Waals surface area (Å²) in [6, 6.07) is 34.2. The molecule has 20 aromatic rings. The third-order valence-corrected chi connectivity index (χ3v) is 17.6. The molecule has 16 aromatic heterocycles. The number of Topliss-reactive ketones (excluding diaryl/α,β-unsaturated/α-hetero) is 2. The number of hydrogen-bond acceptors (Lipinski definition) is 46. The fraction of sp³-hybridized carbons (Fsp3) is 0.203. The number of anilines is 1. The number of nitrogens with one attached hydrogen (secondary N) is 8. The molecular formula is C74H73N47O13. The molecule has 0 amide bonds. The Bertz CT molecular complexity index is 7430. The van der Waals surface area contributed by atoms with Crippen molar-refractivity contribution in [1.82, 2.24) is 233 Å². The number of methoxy groups -OCH3 is 1. The molecule has 1 aliphatic rings. The molecule has 0 fully saturated rings. The van der Waals surface area contributed by atoms with Gasteiger partial charge in [-0.1, -0.05) is 111 Å².